The Kier molecular flexibility index (Phi) is 6.73. The average molecular weight is 456 g/mol. The molecule has 6 nitrogen and oxygen atoms in total. The number of anilines is 1. The number of thiophene rings is 2. The summed E-state index contributed by atoms with van der Waals surface area (Å²) in [6, 6.07) is 6.39. The van der Waals surface area contributed by atoms with Crippen LogP contribution in [0.25, 0.3) is 6.08 Å². The Morgan fingerprint density at radius 2 is 2.29 bits per heavy atom. The zero-order chi connectivity index (χ0) is 21.8. The minimum atomic E-state index is -0.242. The van der Waals surface area contributed by atoms with Crippen molar-refractivity contribution in [2.45, 2.75) is 45.1 Å². The van der Waals surface area contributed by atoms with Gasteiger partial charge in [-0.2, -0.15) is 5.26 Å². The van der Waals surface area contributed by atoms with E-state index in [4.69, 9.17) is 4.74 Å². The molecule has 1 aliphatic heterocycles. The molecule has 31 heavy (non-hydrogen) atoms. The second kappa shape index (κ2) is 9.67. The van der Waals surface area contributed by atoms with Crippen molar-refractivity contribution in [1.29, 1.82) is 5.26 Å². The van der Waals surface area contributed by atoms with Crippen LogP contribution in [0, 0.1) is 17.2 Å². The first-order valence-corrected chi connectivity index (χ1v) is 12.3. The molecule has 0 aromatic carbocycles. The number of rotatable bonds is 5. The molecule has 1 fully saturated rings. The first-order chi connectivity index (χ1) is 15.0. The lowest BCUT2D eigenvalue weighted by molar-refractivity contribution is -0.111. The molecule has 162 valence electrons. The SMILES string of the molecule is CC1CCCN1C(=O)OCC1CCc2c(sc(NC(=O)C=Cc3cccs3)c2C#N)C1. The van der Waals surface area contributed by atoms with Gasteiger partial charge in [-0.05, 0) is 68.0 Å². The molecule has 2 atom stereocenters. The molecule has 2 aromatic heterocycles. The van der Waals surface area contributed by atoms with E-state index in [1.165, 1.54) is 17.4 Å². The Balaban J connectivity index is 1.37. The minimum Gasteiger partial charge on any atom is -0.449 e. The fourth-order valence-corrected chi connectivity index (χ4v) is 6.11. The van der Waals surface area contributed by atoms with Crippen LogP contribution >= 0.6 is 22.7 Å². The van der Waals surface area contributed by atoms with E-state index < -0.39 is 0 Å². The van der Waals surface area contributed by atoms with Crippen LogP contribution in [0.1, 0.15) is 47.1 Å². The van der Waals surface area contributed by atoms with Crippen LogP contribution in [0.15, 0.2) is 23.6 Å². The van der Waals surface area contributed by atoms with Gasteiger partial charge in [-0.3, -0.25) is 4.79 Å². The van der Waals surface area contributed by atoms with Crippen molar-refractivity contribution in [2.24, 2.45) is 5.92 Å². The predicted octanol–water partition coefficient (Wildman–Crippen LogP) is 5.06. The van der Waals surface area contributed by atoms with Gasteiger partial charge in [-0.1, -0.05) is 6.07 Å². The van der Waals surface area contributed by atoms with Gasteiger partial charge < -0.3 is 15.0 Å². The van der Waals surface area contributed by atoms with Crippen molar-refractivity contribution >= 4 is 45.8 Å². The van der Waals surface area contributed by atoms with Crippen molar-refractivity contribution in [1.82, 2.24) is 4.90 Å². The smallest absolute Gasteiger partial charge is 0.410 e. The van der Waals surface area contributed by atoms with Crippen molar-refractivity contribution in [3.63, 3.8) is 0 Å². The summed E-state index contributed by atoms with van der Waals surface area (Å²) >= 11 is 3.03. The van der Waals surface area contributed by atoms with E-state index in [0.717, 1.165) is 54.0 Å². The number of nitrogens with zero attached hydrogens (tertiary/aromatic N) is 2. The van der Waals surface area contributed by atoms with E-state index in [1.807, 2.05) is 22.4 Å². The van der Waals surface area contributed by atoms with Crippen LogP contribution in [0.3, 0.4) is 0 Å². The minimum absolute atomic E-state index is 0.217. The van der Waals surface area contributed by atoms with Gasteiger partial charge in [-0.25, -0.2) is 4.79 Å². The average Bonchev–Trinajstić information content (AvgIpc) is 3.50. The van der Waals surface area contributed by atoms with E-state index >= 15 is 0 Å². The van der Waals surface area contributed by atoms with E-state index in [0.29, 0.717) is 17.2 Å². The Hall–Kier alpha value is -2.63. The summed E-state index contributed by atoms with van der Waals surface area (Å²) in [6.45, 7) is 3.23. The molecule has 2 aromatic rings. The number of ether oxygens (including phenoxy) is 1. The molecule has 4 rings (SSSR count). The topological polar surface area (TPSA) is 82.4 Å². The first-order valence-electron chi connectivity index (χ1n) is 10.6. The quantitative estimate of drug-likeness (QED) is 0.639. The molecule has 1 saturated heterocycles. The van der Waals surface area contributed by atoms with Gasteiger partial charge in [0.2, 0.25) is 5.91 Å². The summed E-state index contributed by atoms with van der Waals surface area (Å²) < 4.78 is 5.59. The van der Waals surface area contributed by atoms with Crippen molar-refractivity contribution in [3.8, 4) is 6.07 Å². The molecule has 8 heteroatoms. The van der Waals surface area contributed by atoms with E-state index in [2.05, 4.69) is 18.3 Å². The number of carbonyl (C=O) groups is 2. The maximum atomic E-state index is 12.3. The van der Waals surface area contributed by atoms with Gasteiger partial charge in [0.1, 0.15) is 11.1 Å². The number of amides is 2. The van der Waals surface area contributed by atoms with Gasteiger partial charge in [0.05, 0.1) is 12.2 Å². The molecule has 2 unspecified atom stereocenters. The molecule has 2 aliphatic rings. The highest BCUT2D eigenvalue weighted by molar-refractivity contribution is 7.16. The Morgan fingerprint density at radius 1 is 1.42 bits per heavy atom. The van der Waals surface area contributed by atoms with Crippen LogP contribution in [-0.4, -0.2) is 36.1 Å². The standard InChI is InChI=1S/C23H25N3O3S2/c1-15-4-2-10-26(15)23(28)29-14-16-6-8-18-19(13-24)22(31-20(18)12-16)25-21(27)9-7-17-5-3-11-30-17/h3,5,7,9,11,15-16H,2,4,6,8,10,12,14H2,1H3,(H,25,27). The number of likely N-dealkylation sites (tertiary alicyclic amines) is 1. The second-order valence-corrected chi connectivity index (χ2v) is 10.1. The zero-order valence-electron chi connectivity index (χ0n) is 17.4. The van der Waals surface area contributed by atoms with Gasteiger partial charge in [-0.15, -0.1) is 22.7 Å². The van der Waals surface area contributed by atoms with Gasteiger partial charge in [0.25, 0.3) is 0 Å². The second-order valence-electron chi connectivity index (χ2n) is 8.03. The van der Waals surface area contributed by atoms with Crippen LogP contribution < -0.4 is 5.32 Å². The van der Waals surface area contributed by atoms with Crippen molar-refractivity contribution in [3.05, 3.63) is 44.5 Å². The molecular weight excluding hydrogens is 430 g/mol. The molecule has 1 aliphatic carbocycles. The van der Waals surface area contributed by atoms with Gasteiger partial charge >= 0.3 is 6.09 Å². The van der Waals surface area contributed by atoms with E-state index in [9.17, 15) is 14.9 Å². The van der Waals surface area contributed by atoms with E-state index in [-0.39, 0.29) is 24.0 Å². The highest BCUT2D eigenvalue weighted by Gasteiger charge is 2.29. The Labute approximate surface area is 190 Å². The van der Waals surface area contributed by atoms with Gasteiger partial charge in [0.15, 0.2) is 0 Å². The molecule has 0 radical (unpaired) electrons. The molecule has 0 saturated carbocycles. The molecule has 1 N–H and O–H groups in total. The highest BCUT2D eigenvalue weighted by Crippen LogP contribution is 2.39. The summed E-state index contributed by atoms with van der Waals surface area (Å²) in [5.41, 5.74) is 1.60. The molecular formula is C23H25N3O3S2. The van der Waals surface area contributed by atoms with Crippen LogP contribution in [-0.2, 0) is 22.4 Å². The number of carbonyl (C=O) groups excluding carboxylic acids is 2. The number of hydrogen-bond donors (Lipinski definition) is 1. The highest BCUT2D eigenvalue weighted by atomic mass is 32.1. The van der Waals surface area contributed by atoms with Crippen LogP contribution in [0.4, 0.5) is 9.80 Å². The third-order valence-electron chi connectivity index (χ3n) is 5.89. The zero-order valence-corrected chi connectivity index (χ0v) is 19.1. The summed E-state index contributed by atoms with van der Waals surface area (Å²) in [7, 11) is 0. The lowest BCUT2D eigenvalue weighted by Gasteiger charge is -2.25. The summed E-state index contributed by atoms with van der Waals surface area (Å²) in [6.07, 6.45) is 7.50. The third kappa shape index (κ3) is 5.00. The molecule has 2 amide bonds. The third-order valence-corrected chi connectivity index (χ3v) is 7.90. The van der Waals surface area contributed by atoms with E-state index in [1.54, 1.807) is 17.4 Å². The fourth-order valence-electron chi connectivity index (χ4n) is 4.18. The largest absolute Gasteiger partial charge is 0.449 e. The molecule has 0 spiro atoms. The predicted molar refractivity (Wildman–Crippen MR) is 123 cm³/mol. The number of fused-ring (bicyclic) bond motifs is 1. The normalized spacial score (nSPS) is 20.5. The number of nitriles is 1. The summed E-state index contributed by atoms with van der Waals surface area (Å²) in [4.78, 5) is 28.6. The maximum Gasteiger partial charge on any atom is 0.410 e. The number of hydrogen-bond acceptors (Lipinski definition) is 6. The molecule has 3 heterocycles. The lowest BCUT2D eigenvalue weighted by atomic mass is 9.88. The fraction of sp³-hybridized carbons (Fsp3) is 0.435. The lowest BCUT2D eigenvalue weighted by Crippen LogP contribution is -2.35. The summed E-state index contributed by atoms with van der Waals surface area (Å²) in [5.74, 6) is -0.00413. The van der Waals surface area contributed by atoms with Crippen LogP contribution in [0.5, 0.6) is 0 Å². The first kappa shape index (κ1) is 21.6. The van der Waals surface area contributed by atoms with Crippen LogP contribution in [0.2, 0.25) is 0 Å². The molecule has 0 bridgehead atoms. The van der Waals surface area contributed by atoms with Gasteiger partial charge in [0, 0.05) is 28.4 Å². The van der Waals surface area contributed by atoms with Crippen molar-refractivity contribution in [2.75, 3.05) is 18.5 Å². The summed E-state index contributed by atoms with van der Waals surface area (Å²) in [5, 5.41) is 15.1. The monoisotopic (exact) mass is 455 g/mol. The van der Waals surface area contributed by atoms with Crippen molar-refractivity contribution < 1.29 is 14.3 Å². The Morgan fingerprint density at radius 3 is 3.00 bits per heavy atom. The number of nitrogens with one attached hydrogen (secondary N) is 1. The Bertz CT molecular complexity index is 1020. The maximum absolute atomic E-state index is 12.3.